The summed E-state index contributed by atoms with van der Waals surface area (Å²) in [4.78, 5) is 24.1. The van der Waals surface area contributed by atoms with Crippen LogP contribution in [0.25, 0.3) is 0 Å². The summed E-state index contributed by atoms with van der Waals surface area (Å²) in [6.45, 7) is 8.18. The van der Waals surface area contributed by atoms with Crippen LogP contribution in [0.2, 0.25) is 0 Å². The van der Waals surface area contributed by atoms with Gasteiger partial charge in [0.25, 0.3) is 0 Å². The van der Waals surface area contributed by atoms with Crippen molar-refractivity contribution in [1.29, 1.82) is 0 Å². The number of carbonyl (C=O) groups is 2. The Morgan fingerprint density at radius 1 is 0.893 bits per heavy atom. The van der Waals surface area contributed by atoms with E-state index in [1.54, 1.807) is 24.3 Å². The van der Waals surface area contributed by atoms with Crippen LogP contribution in [0.4, 0.5) is 0 Å². The number of rotatable bonds is 8. The normalized spacial score (nSPS) is 12.3. The van der Waals surface area contributed by atoms with Gasteiger partial charge in [-0.05, 0) is 68.0 Å². The molecule has 4 heteroatoms. The lowest BCUT2D eigenvalue weighted by molar-refractivity contribution is -0.00316. The van der Waals surface area contributed by atoms with Crippen LogP contribution < -0.4 is 0 Å². The van der Waals surface area contributed by atoms with Crippen LogP contribution in [0.5, 0.6) is 0 Å². The molecule has 0 bridgehead atoms. The predicted molar refractivity (Wildman–Crippen MR) is 111 cm³/mol. The van der Waals surface area contributed by atoms with Crippen molar-refractivity contribution in [1.82, 2.24) is 0 Å². The first-order valence-electron chi connectivity index (χ1n) is 9.84. The quantitative estimate of drug-likeness (QED) is 0.537. The van der Waals surface area contributed by atoms with E-state index in [9.17, 15) is 9.59 Å². The summed E-state index contributed by atoms with van der Waals surface area (Å²) >= 11 is 0. The molecule has 0 aliphatic heterocycles. The summed E-state index contributed by atoms with van der Waals surface area (Å²) in [5, 5.41) is 0. The van der Waals surface area contributed by atoms with Crippen molar-refractivity contribution >= 4 is 11.9 Å². The van der Waals surface area contributed by atoms with Gasteiger partial charge < -0.3 is 9.47 Å². The first kappa shape index (κ1) is 21.7. The maximum absolute atomic E-state index is 12.6. The molecular weight excluding hydrogens is 352 g/mol. The summed E-state index contributed by atoms with van der Waals surface area (Å²) in [6.07, 6.45) is 3.46. The lowest BCUT2D eigenvalue weighted by atomic mass is 9.89. The fourth-order valence-electron chi connectivity index (χ4n) is 3.32. The zero-order chi connectivity index (χ0) is 20.7. The minimum atomic E-state index is -0.761. The molecule has 0 saturated heterocycles. The molecule has 28 heavy (non-hydrogen) atoms. The molecular formula is C24H30O4. The molecule has 0 fully saturated rings. The molecule has 0 aliphatic carbocycles. The van der Waals surface area contributed by atoms with E-state index in [1.165, 1.54) is 19.1 Å². The van der Waals surface area contributed by atoms with E-state index in [4.69, 9.17) is 4.74 Å². The van der Waals surface area contributed by atoms with E-state index >= 15 is 0 Å². The second-order valence-electron chi connectivity index (χ2n) is 7.48. The van der Waals surface area contributed by atoms with Gasteiger partial charge >= 0.3 is 11.9 Å². The highest BCUT2D eigenvalue weighted by Gasteiger charge is 2.26. The van der Waals surface area contributed by atoms with Gasteiger partial charge in [-0.25, -0.2) is 9.59 Å². The molecule has 0 aromatic heterocycles. The first-order valence-corrected chi connectivity index (χ1v) is 9.84. The summed E-state index contributed by atoms with van der Waals surface area (Å²) in [6, 6.07) is 14.6. The van der Waals surface area contributed by atoms with E-state index in [1.807, 2.05) is 26.0 Å². The van der Waals surface area contributed by atoms with Crippen molar-refractivity contribution in [3.05, 3.63) is 70.8 Å². The number of methoxy groups -OCH3 is 1. The van der Waals surface area contributed by atoms with Crippen LogP contribution >= 0.6 is 0 Å². The number of esters is 2. The maximum atomic E-state index is 12.6. The van der Waals surface area contributed by atoms with Gasteiger partial charge in [0.1, 0.15) is 5.60 Å². The zero-order valence-electron chi connectivity index (χ0n) is 17.5. The molecule has 2 aromatic rings. The largest absolute Gasteiger partial charge is 0.465 e. The number of benzene rings is 2. The van der Waals surface area contributed by atoms with E-state index in [0.29, 0.717) is 17.0 Å². The molecule has 2 rings (SSSR count). The molecule has 0 saturated carbocycles. The Kier molecular flexibility index (Phi) is 7.38. The lowest BCUT2D eigenvalue weighted by Gasteiger charge is -2.26. The number of ether oxygens (including phenoxy) is 2. The van der Waals surface area contributed by atoms with Gasteiger partial charge in [-0.2, -0.15) is 0 Å². The van der Waals surface area contributed by atoms with Crippen LogP contribution in [-0.4, -0.2) is 19.0 Å². The number of carbonyl (C=O) groups excluding carboxylic acids is 2. The highest BCUT2D eigenvalue weighted by molar-refractivity contribution is 5.93. The molecule has 4 nitrogen and oxygen atoms in total. The first-order chi connectivity index (χ1) is 13.3. The second kappa shape index (κ2) is 9.54. The Balaban J connectivity index is 2.11. The van der Waals surface area contributed by atoms with E-state index < -0.39 is 17.5 Å². The second-order valence-corrected chi connectivity index (χ2v) is 7.48. The maximum Gasteiger partial charge on any atom is 0.338 e. The Morgan fingerprint density at radius 3 is 1.89 bits per heavy atom. The predicted octanol–water partition coefficient (Wildman–Crippen LogP) is 5.86. The summed E-state index contributed by atoms with van der Waals surface area (Å²) < 4.78 is 10.4. The Hall–Kier alpha value is -2.62. The van der Waals surface area contributed by atoms with E-state index in [2.05, 4.69) is 30.7 Å². The Morgan fingerprint density at radius 2 is 1.43 bits per heavy atom. The van der Waals surface area contributed by atoms with Crippen molar-refractivity contribution < 1.29 is 19.1 Å². The molecule has 1 unspecified atom stereocenters. The zero-order valence-corrected chi connectivity index (χ0v) is 17.5. The van der Waals surface area contributed by atoms with Gasteiger partial charge in [-0.15, -0.1) is 0 Å². The van der Waals surface area contributed by atoms with Crippen molar-refractivity contribution in [2.75, 3.05) is 7.11 Å². The van der Waals surface area contributed by atoms with E-state index in [-0.39, 0.29) is 0 Å². The molecule has 2 aromatic carbocycles. The van der Waals surface area contributed by atoms with Crippen LogP contribution in [0.1, 0.15) is 84.7 Å². The van der Waals surface area contributed by atoms with E-state index in [0.717, 1.165) is 18.4 Å². The van der Waals surface area contributed by atoms with Gasteiger partial charge in [0.05, 0.1) is 18.2 Å². The van der Waals surface area contributed by atoms with Crippen LogP contribution in [-0.2, 0) is 15.1 Å². The highest BCUT2D eigenvalue weighted by atomic mass is 16.6. The third-order valence-electron chi connectivity index (χ3n) is 5.10. The fourth-order valence-corrected chi connectivity index (χ4v) is 3.32. The SMILES string of the molecule is CCCC(CC)c1ccc(C(C)(C)OC(=O)c2ccc(C(=O)OC)cc2)cc1. The Labute approximate surface area is 167 Å². The van der Waals surface area contributed by atoms with Crippen molar-refractivity contribution in [2.24, 2.45) is 0 Å². The number of hydrogen-bond acceptors (Lipinski definition) is 4. The highest BCUT2D eigenvalue weighted by Crippen LogP contribution is 2.30. The molecule has 0 spiro atoms. The van der Waals surface area contributed by atoms with Gasteiger partial charge in [-0.3, -0.25) is 0 Å². The molecule has 0 amide bonds. The van der Waals surface area contributed by atoms with Crippen molar-refractivity contribution in [3.63, 3.8) is 0 Å². The van der Waals surface area contributed by atoms with Gasteiger partial charge in [0, 0.05) is 0 Å². The molecule has 0 aliphatic rings. The average molecular weight is 383 g/mol. The van der Waals surface area contributed by atoms with Crippen LogP contribution in [0.15, 0.2) is 48.5 Å². The minimum Gasteiger partial charge on any atom is -0.465 e. The molecule has 0 N–H and O–H groups in total. The average Bonchev–Trinajstić information content (AvgIpc) is 2.71. The van der Waals surface area contributed by atoms with Gasteiger partial charge in [0.2, 0.25) is 0 Å². The van der Waals surface area contributed by atoms with Crippen molar-refractivity contribution in [2.45, 2.75) is 58.5 Å². The van der Waals surface area contributed by atoms with Gasteiger partial charge in [0.15, 0.2) is 0 Å². The Bertz CT molecular complexity index is 788. The fraction of sp³-hybridized carbons (Fsp3) is 0.417. The minimum absolute atomic E-state index is 0.395. The number of hydrogen-bond donors (Lipinski definition) is 0. The third kappa shape index (κ3) is 5.22. The standard InChI is InChI=1S/C24H30O4/c1-6-8-17(7-2)18-13-15-21(16-14-18)24(3,4)28-23(26)20-11-9-19(10-12-20)22(25)27-5/h9-17H,6-8H2,1-5H3. The summed E-state index contributed by atoms with van der Waals surface area (Å²) in [5.41, 5.74) is 2.30. The van der Waals surface area contributed by atoms with Crippen LogP contribution in [0, 0.1) is 0 Å². The van der Waals surface area contributed by atoms with Gasteiger partial charge in [-0.1, -0.05) is 44.5 Å². The lowest BCUT2D eigenvalue weighted by Crippen LogP contribution is -2.25. The van der Waals surface area contributed by atoms with Crippen LogP contribution in [0.3, 0.4) is 0 Å². The topological polar surface area (TPSA) is 52.6 Å². The van der Waals surface area contributed by atoms with Crippen molar-refractivity contribution in [3.8, 4) is 0 Å². The summed E-state index contributed by atoms with van der Waals surface area (Å²) in [7, 11) is 1.32. The molecule has 0 heterocycles. The molecule has 150 valence electrons. The summed E-state index contributed by atoms with van der Waals surface area (Å²) in [5.74, 6) is -0.297. The monoisotopic (exact) mass is 382 g/mol. The smallest absolute Gasteiger partial charge is 0.338 e. The molecule has 1 atom stereocenters. The molecule has 0 radical (unpaired) electrons. The third-order valence-corrected chi connectivity index (χ3v) is 5.10.